The highest BCUT2D eigenvalue weighted by Gasteiger charge is 2.27. The summed E-state index contributed by atoms with van der Waals surface area (Å²) >= 11 is 0. The first-order chi connectivity index (χ1) is 4.75. The van der Waals surface area contributed by atoms with E-state index in [1.807, 2.05) is 0 Å². The maximum Gasteiger partial charge on any atom is 0.191 e. The van der Waals surface area contributed by atoms with Crippen molar-refractivity contribution in [2.45, 2.75) is 12.2 Å². The molecule has 0 bridgehead atoms. The largest absolute Gasteiger partial charge is 0.492 e. The van der Waals surface area contributed by atoms with Crippen LogP contribution in [0.2, 0.25) is 0 Å². The molecule has 56 valence electrons. The highest BCUT2D eigenvalue weighted by molar-refractivity contribution is 5.94. The molecule has 10 heavy (non-hydrogen) atoms. The van der Waals surface area contributed by atoms with E-state index in [1.54, 1.807) is 0 Å². The molecule has 2 atom stereocenters. The third-order valence-electron chi connectivity index (χ3n) is 1.31. The van der Waals surface area contributed by atoms with E-state index in [9.17, 15) is 4.79 Å². The minimum Gasteiger partial charge on any atom is -0.492 e. The van der Waals surface area contributed by atoms with Gasteiger partial charge in [0.05, 0.1) is 12.9 Å². The molecule has 1 aliphatic heterocycles. The minimum absolute atomic E-state index is 0.350. The number of carbonyl (C=O) groups excluding carboxylic acids is 1. The number of hydrogen-bond acceptors (Lipinski definition) is 4. The molecule has 0 aromatic carbocycles. The van der Waals surface area contributed by atoms with Crippen molar-refractivity contribution in [3.63, 3.8) is 0 Å². The van der Waals surface area contributed by atoms with Crippen molar-refractivity contribution in [1.82, 2.24) is 0 Å². The highest BCUT2D eigenvalue weighted by atomic mass is 16.5. The molecule has 0 aromatic rings. The van der Waals surface area contributed by atoms with Crippen molar-refractivity contribution >= 4 is 5.78 Å². The number of carbonyl (C=O) groups is 1. The first-order valence-corrected chi connectivity index (χ1v) is 2.90. The van der Waals surface area contributed by atoms with Gasteiger partial charge >= 0.3 is 0 Å². The normalized spacial score (nSPS) is 32.0. The molecule has 0 fully saturated rings. The van der Waals surface area contributed by atoms with Gasteiger partial charge < -0.3 is 14.9 Å². The zero-order valence-electron chi connectivity index (χ0n) is 5.23. The van der Waals surface area contributed by atoms with Crippen molar-refractivity contribution in [3.05, 3.63) is 12.3 Å². The number of hydrogen-bond donors (Lipinski definition) is 2. The van der Waals surface area contributed by atoms with Crippen LogP contribution in [0.25, 0.3) is 0 Å². The van der Waals surface area contributed by atoms with Crippen LogP contribution in [-0.4, -0.2) is 34.8 Å². The van der Waals surface area contributed by atoms with Crippen molar-refractivity contribution in [2.24, 2.45) is 0 Å². The molecular formula is C6H8O4. The Morgan fingerprint density at radius 2 is 2.40 bits per heavy atom. The number of aliphatic hydroxyl groups excluding tert-OH is 2. The maximum atomic E-state index is 10.6. The zero-order valence-corrected chi connectivity index (χ0v) is 5.23. The smallest absolute Gasteiger partial charge is 0.191 e. The van der Waals surface area contributed by atoms with Crippen molar-refractivity contribution in [3.8, 4) is 0 Å². The van der Waals surface area contributed by atoms with Crippen molar-refractivity contribution < 1.29 is 19.7 Å². The van der Waals surface area contributed by atoms with Gasteiger partial charge in [0.15, 0.2) is 18.0 Å². The second kappa shape index (κ2) is 2.81. The van der Waals surface area contributed by atoms with Gasteiger partial charge in [-0.05, 0) is 0 Å². The van der Waals surface area contributed by atoms with Gasteiger partial charge in [-0.1, -0.05) is 0 Å². The molecule has 0 spiro atoms. The summed E-state index contributed by atoms with van der Waals surface area (Å²) in [4.78, 5) is 10.6. The van der Waals surface area contributed by atoms with E-state index in [-0.39, 0.29) is 6.61 Å². The van der Waals surface area contributed by atoms with E-state index in [0.29, 0.717) is 0 Å². The Kier molecular flexibility index (Phi) is 2.03. The lowest BCUT2D eigenvalue weighted by molar-refractivity contribution is -0.132. The van der Waals surface area contributed by atoms with Crippen LogP contribution in [0.5, 0.6) is 0 Å². The third kappa shape index (κ3) is 1.17. The fourth-order valence-electron chi connectivity index (χ4n) is 0.706. The summed E-state index contributed by atoms with van der Waals surface area (Å²) in [6.07, 6.45) is 0.305. The summed E-state index contributed by atoms with van der Waals surface area (Å²) in [6.45, 7) is -0.350. The molecule has 2 N–H and O–H groups in total. The van der Waals surface area contributed by atoms with Crippen LogP contribution in [0.15, 0.2) is 12.3 Å². The second-order valence-corrected chi connectivity index (χ2v) is 2.01. The zero-order chi connectivity index (χ0) is 7.56. The molecule has 1 aliphatic rings. The van der Waals surface area contributed by atoms with Crippen LogP contribution in [0.4, 0.5) is 0 Å². The summed E-state index contributed by atoms with van der Waals surface area (Å²) in [5.41, 5.74) is 0. The van der Waals surface area contributed by atoms with Gasteiger partial charge in [0.1, 0.15) is 0 Å². The standard InChI is InChI=1S/C6H8O4/c7-3-5-6(9)4(8)1-2-10-5/h1-2,5-7,9H,3H2/t5-,6-/m1/s1. The average molecular weight is 144 g/mol. The Balaban J connectivity index is 2.65. The first kappa shape index (κ1) is 7.24. The van der Waals surface area contributed by atoms with E-state index >= 15 is 0 Å². The lowest BCUT2D eigenvalue weighted by Crippen LogP contribution is -2.39. The SMILES string of the molecule is O=C1C=CO[C@H](CO)[C@@H]1O. The molecule has 0 aliphatic carbocycles. The van der Waals surface area contributed by atoms with Gasteiger partial charge in [0.2, 0.25) is 0 Å². The van der Waals surface area contributed by atoms with E-state index in [4.69, 9.17) is 14.9 Å². The van der Waals surface area contributed by atoms with E-state index in [0.717, 1.165) is 6.08 Å². The summed E-state index contributed by atoms with van der Waals surface area (Å²) in [6, 6.07) is 0. The van der Waals surface area contributed by atoms with Gasteiger partial charge in [-0.2, -0.15) is 0 Å². The summed E-state index contributed by atoms with van der Waals surface area (Å²) in [7, 11) is 0. The Bertz CT molecular complexity index is 163. The number of ketones is 1. The highest BCUT2D eigenvalue weighted by Crippen LogP contribution is 2.06. The predicted molar refractivity (Wildman–Crippen MR) is 32.1 cm³/mol. The lowest BCUT2D eigenvalue weighted by Gasteiger charge is -2.21. The van der Waals surface area contributed by atoms with Gasteiger partial charge in [-0.15, -0.1) is 0 Å². The molecule has 0 unspecified atom stereocenters. The lowest BCUT2D eigenvalue weighted by atomic mass is 10.1. The Morgan fingerprint density at radius 1 is 1.70 bits per heavy atom. The average Bonchev–Trinajstić information content (AvgIpc) is 1.95. The quantitative estimate of drug-likeness (QED) is 0.486. The second-order valence-electron chi connectivity index (χ2n) is 2.01. The number of rotatable bonds is 1. The van der Waals surface area contributed by atoms with Gasteiger partial charge in [0, 0.05) is 6.08 Å². The maximum absolute atomic E-state index is 10.6. The monoisotopic (exact) mass is 144 g/mol. The van der Waals surface area contributed by atoms with Gasteiger partial charge in [0.25, 0.3) is 0 Å². The molecule has 1 rings (SSSR count). The molecule has 0 saturated carbocycles. The Hall–Kier alpha value is -0.870. The molecule has 1 heterocycles. The number of aliphatic hydroxyl groups is 2. The van der Waals surface area contributed by atoms with E-state index in [2.05, 4.69) is 0 Å². The fourth-order valence-corrected chi connectivity index (χ4v) is 0.706. The molecule has 0 radical (unpaired) electrons. The summed E-state index contributed by atoms with van der Waals surface area (Å²) in [5, 5.41) is 17.5. The van der Waals surface area contributed by atoms with E-state index < -0.39 is 18.0 Å². The topological polar surface area (TPSA) is 66.8 Å². The summed E-state index contributed by atoms with van der Waals surface area (Å²) in [5.74, 6) is -0.426. The van der Waals surface area contributed by atoms with E-state index in [1.165, 1.54) is 6.26 Å². The molecule has 0 saturated heterocycles. The Morgan fingerprint density at radius 3 is 2.90 bits per heavy atom. The summed E-state index contributed by atoms with van der Waals surface area (Å²) < 4.78 is 4.71. The van der Waals surface area contributed by atoms with Crippen LogP contribution in [0.3, 0.4) is 0 Å². The van der Waals surface area contributed by atoms with Gasteiger partial charge in [-0.25, -0.2) is 0 Å². The Labute approximate surface area is 57.7 Å². The third-order valence-corrected chi connectivity index (χ3v) is 1.31. The molecule has 4 nitrogen and oxygen atoms in total. The molecule has 0 amide bonds. The van der Waals surface area contributed by atoms with Crippen LogP contribution in [0.1, 0.15) is 0 Å². The first-order valence-electron chi connectivity index (χ1n) is 2.90. The van der Waals surface area contributed by atoms with Crippen molar-refractivity contribution in [2.75, 3.05) is 6.61 Å². The molecular weight excluding hydrogens is 136 g/mol. The van der Waals surface area contributed by atoms with Crippen LogP contribution >= 0.6 is 0 Å². The van der Waals surface area contributed by atoms with Crippen molar-refractivity contribution in [1.29, 1.82) is 0 Å². The van der Waals surface area contributed by atoms with Gasteiger partial charge in [-0.3, -0.25) is 4.79 Å². The molecule has 4 heteroatoms. The minimum atomic E-state index is -1.21. The fraction of sp³-hybridized carbons (Fsp3) is 0.500. The van der Waals surface area contributed by atoms with Crippen LogP contribution in [-0.2, 0) is 9.53 Å². The van der Waals surface area contributed by atoms with Crippen LogP contribution in [0, 0.1) is 0 Å². The predicted octanol–water partition coefficient (Wildman–Crippen LogP) is -1.18. The number of ether oxygens (including phenoxy) is 1. The molecule has 0 aromatic heterocycles. The van der Waals surface area contributed by atoms with Crippen LogP contribution < -0.4 is 0 Å².